The van der Waals surface area contributed by atoms with Crippen molar-refractivity contribution in [3.63, 3.8) is 0 Å². The van der Waals surface area contributed by atoms with Gasteiger partial charge in [0.25, 0.3) is 0 Å². The number of halogens is 4. The molecule has 3 N–H and O–H groups in total. The average molecular weight is 1170 g/mol. The Hall–Kier alpha value is -4.17. The van der Waals surface area contributed by atoms with Crippen molar-refractivity contribution in [1.82, 2.24) is 20.0 Å². The summed E-state index contributed by atoms with van der Waals surface area (Å²) in [5, 5.41) is 2.90. The standard InChI is InChI=1S/C17H25NO2.C14H18ClNO.C12H17N.C9H18N2O2.C7H7Br.C2H2Cl2O/c1-13-6-5-7-14(10-13)11-15-8-9-18(12-15)16(19)20-17(2,3)4;1-11-3-2-4-12(7-11)8-13-5-6-16(10-13)14(17)9-15;1-10-3-2-4-11(7-10)8-12-5-6-13-9-12;1-9(2,3)13-8(12)11-5-4-7(10)6-11;1-6-3-2-4-7(8)5-6;3-1-2(4)5/h5-7,10,15H,8-9,11-12H2,1-4H3;2-4,7,13H,5-6,8-10H2,1H3;2-4,7,12-13H,5-6,8-9H2,1H3;7H,4-6,10H2,1-3H3;2-5H,1H3;1H2. The Morgan fingerprint density at radius 1 is 0.579 bits per heavy atom. The zero-order valence-electron chi connectivity index (χ0n) is 46.9. The van der Waals surface area contributed by atoms with Crippen LogP contribution < -0.4 is 11.1 Å². The molecule has 76 heavy (non-hydrogen) atoms. The van der Waals surface area contributed by atoms with Gasteiger partial charge in [-0.05, 0) is 185 Å². The fraction of sp³-hybridized carbons (Fsp3) is 0.541. The molecule has 4 saturated heterocycles. The normalized spacial score (nSPS) is 18.7. The van der Waals surface area contributed by atoms with E-state index in [1.807, 2.05) is 63.5 Å². The van der Waals surface area contributed by atoms with Crippen LogP contribution in [0.25, 0.3) is 0 Å². The summed E-state index contributed by atoms with van der Waals surface area (Å²) in [6.45, 7) is 26.9. The highest BCUT2D eigenvalue weighted by molar-refractivity contribution is 9.10. The molecule has 8 rings (SSSR count). The summed E-state index contributed by atoms with van der Waals surface area (Å²) < 4.78 is 11.8. The second kappa shape index (κ2) is 34.0. The van der Waals surface area contributed by atoms with Crippen molar-refractivity contribution >= 4 is 74.1 Å². The minimum absolute atomic E-state index is 0.0680. The first-order valence-corrected chi connectivity index (χ1v) is 28.9. The maximum absolute atomic E-state index is 12.0. The van der Waals surface area contributed by atoms with E-state index in [-0.39, 0.29) is 35.9 Å². The van der Waals surface area contributed by atoms with Crippen LogP contribution in [0.3, 0.4) is 0 Å². The molecule has 0 radical (unpaired) electrons. The highest BCUT2D eigenvalue weighted by atomic mass is 79.9. The molecular weight excluding hydrogens is 1080 g/mol. The largest absolute Gasteiger partial charge is 0.444 e. The summed E-state index contributed by atoms with van der Waals surface area (Å²) in [4.78, 5) is 49.8. The maximum atomic E-state index is 12.0. The number of aryl methyl sites for hydroxylation is 4. The van der Waals surface area contributed by atoms with E-state index >= 15 is 0 Å². The van der Waals surface area contributed by atoms with Crippen LogP contribution in [0.1, 0.15) is 106 Å². The van der Waals surface area contributed by atoms with Gasteiger partial charge in [0, 0.05) is 49.8 Å². The van der Waals surface area contributed by atoms with E-state index in [1.165, 1.54) is 64.9 Å². The molecule has 4 aromatic rings. The van der Waals surface area contributed by atoms with Crippen molar-refractivity contribution < 1.29 is 28.7 Å². The third-order valence-corrected chi connectivity index (χ3v) is 13.9. The van der Waals surface area contributed by atoms with E-state index in [4.69, 9.17) is 50.0 Å². The van der Waals surface area contributed by atoms with Crippen LogP contribution in [0, 0.1) is 45.4 Å². The first kappa shape index (κ1) is 66.1. The van der Waals surface area contributed by atoms with Gasteiger partial charge in [-0.3, -0.25) is 9.59 Å². The summed E-state index contributed by atoms with van der Waals surface area (Å²) in [6.07, 6.45) is 7.30. The lowest BCUT2D eigenvalue weighted by atomic mass is 9.98. The molecule has 4 aliphatic heterocycles. The Bertz CT molecular complexity index is 2370. The Kier molecular flexibility index (Phi) is 29.6. The average Bonchev–Trinajstić information content (AvgIpc) is 4.19. The van der Waals surface area contributed by atoms with E-state index in [0.717, 1.165) is 75.2 Å². The van der Waals surface area contributed by atoms with Crippen LogP contribution in [0.15, 0.2) is 102 Å². The Morgan fingerprint density at radius 2 is 0.974 bits per heavy atom. The van der Waals surface area contributed by atoms with E-state index < -0.39 is 16.4 Å². The summed E-state index contributed by atoms with van der Waals surface area (Å²) in [5.74, 6) is 2.08. The van der Waals surface area contributed by atoms with Crippen molar-refractivity contribution in [2.45, 2.75) is 131 Å². The van der Waals surface area contributed by atoms with Crippen molar-refractivity contribution in [3.8, 4) is 0 Å². The van der Waals surface area contributed by atoms with Gasteiger partial charge in [-0.25, -0.2) is 9.59 Å². The molecule has 0 aromatic heterocycles. The molecule has 4 unspecified atom stereocenters. The molecular formula is C61H87BrCl3N5O6. The van der Waals surface area contributed by atoms with E-state index in [2.05, 4.69) is 134 Å². The number of benzene rings is 4. The molecule has 15 heteroatoms. The third-order valence-electron chi connectivity index (χ3n) is 12.6. The second-order valence-electron chi connectivity index (χ2n) is 22.4. The molecule has 4 aromatic carbocycles. The number of rotatable bonds is 8. The van der Waals surface area contributed by atoms with Gasteiger partial charge < -0.3 is 35.2 Å². The molecule has 4 aliphatic rings. The number of likely N-dealkylation sites (tertiary alicyclic amines) is 3. The highest BCUT2D eigenvalue weighted by Gasteiger charge is 2.31. The Balaban J connectivity index is 0.000000250. The predicted octanol–water partition coefficient (Wildman–Crippen LogP) is 13.3. The van der Waals surface area contributed by atoms with Crippen LogP contribution in [-0.4, -0.2) is 119 Å². The smallest absolute Gasteiger partial charge is 0.410 e. The third kappa shape index (κ3) is 28.5. The molecule has 420 valence electrons. The number of hydrogen-bond donors (Lipinski definition) is 2. The van der Waals surface area contributed by atoms with E-state index in [1.54, 1.807) is 4.90 Å². The van der Waals surface area contributed by atoms with Crippen molar-refractivity contribution in [2.75, 3.05) is 64.1 Å². The molecule has 0 aliphatic carbocycles. The molecule has 4 atom stereocenters. The van der Waals surface area contributed by atoms with Gasteiger partial charge in [-0.15, -0.1) is 23.2 Å². The lowest BCUT2D eigenvalue weighted by Crippen LogP contribution is -2.36. The SMILES string of the molecule is CC(C)(C)OC(=O)N1CCC(N)C1.Cc1cccc(Br)c1.Cc1cccc(CC2CCN(C(=O)CCl)C2)c1.Cc1cccc(CC2CCN(C(=O)OC(C)(C)C)C2)c1.Cc1cccc(CC2CCNC2)c1.O=C(Cl)CCl. The Labute approximate surface area is 479 Å². The Morgan fingerprint density at radius 3 is 1.32 bits per heavy atom. The van der Waals surface area contributed by atoms with Gasteiger partial charge in [0.05, 0.1) is 5.88 Å². The van der Waals surface area contributed by atoms with Gasteiger partial charge in [-0.1, -0.05) is 123 Å². The molecule has 0 spiro atoms. The van der Waals surface area contributed by atoms with Crippen LogP contribution in [-0.2, 0) is 38.3 Å². The number of alkyl halides is 2. The second-order valence-corrected chi connectivity index (χ2v) is 24.3. The number of nitrogens with zero attached hydrogens (tertiary/aromatic N) is 3. The van der Waals surface area contributed by atoms with Gasteiger partial charge in [0.1, 0.15) is 17.1 Å². The van der Waals surface area contributed by atoms with Crippen LogP contribution >= 0.6 is 50.7 Å². The molecule has 3 amide bonds. The number of carbonyl (C=O) groups excluding carboxylic acids is 4. The zero-order chi connectivity index (χ0) is 56.4. The minimum atomic E-state index is -0.508. The van der Waals surface area contributed by atoms with Gasteiger partial charge in [0.15, 0.2) is 0 Å². The summed E-state index contributed by atoms with van der Waals surface area (Å²) in [5.41, 5.74) is 14.3. The number of nitrogens with one attached hydrogen (secondary N) is 1. The lowest BCUT2D eigenvalue weighted by Gasteiger charge is -2.24. The van der Waals surface area contributed by atoms with Gasteiger partial charge in [-0.2, -0.15) is 0 Å². The monoisotopic (exact) mass is 1170 g/mol. The van der Waals surface area contributed by atoms with E-state index in [9.17, 15) is 19.2 Å². The molecule has 4 fully saturated rings. The van der Waals surface area contributed by atoms with Crippen molar-refractivity contribution in [3.05, 3.63) is 140 Å². The topological polar surface area (TPSA) is 135 Å². The molecule has 11 nitrogen and oxygen atoms in total. The van der Waals surface area contributed by atoms with E-state index in [0.29, 0.717) is 18.4 Å². The number of nitrogens with two attached hydrogens (primary N) is 1. The van der Waals surface area contributed by atoms with Gasteiger partial charge >= 0.3 is 12.2 Å². The van der Waals surface area contributed by atoms with Crippen LogP contribution in [0.2, 0.25) is 0 Å². The summed E-state index contributed by atoms with van der Waals surface area (Å²) in [6, 6.07) is 34.4. The number of hydrogen-bond acceptors (Lipinski definition) is 8. The summed E-state index contributed by atoms with van der Waals surface area (Å²) >= 11 is 18.5. The molecule has 0 saturated carbocycles. The van der Waals surface area contributed by atoms with Crippen LogP contribution in [0.5, 0.6) is 0 Å². The number of carbonyl (C=O) groups is 4. The van der Waals surface area contributed by atoms with Crippen LogP contribution in [0.4, 0.5) is 9.59 Å². The fourth-order valence-electron chi connectivity index (χ4n) is 9.09. The highest BCUT2D eigenvalue weighted by Crippen LogP contribution is 2.25. The number of amides is 3. The first-order chi connectivity index (χ1) is 35.8. The number of ether oxygens (including phenoxy) is 2. The van der Waals surface area contributed by atoms with Crippen molar-refractivity contribution in [2.24, 2.45) is 23.5 Å². The summed E-state index contributed by atoms with van der Waals surface area (Å²) in [7, 11) is 0. The fourth-order valence-corrected chi connectivity index (χ4v) is 9.78. The predicted molar refractivity (Wildman–Crippen MR) is 318 cm³/mol. The first-order valence-electron chi connectivity index (χ1n) is 26.7. The minimum Gasteiger partial charge on any atom is -0.444 e. The zero-order valence-corrected chi connectivity index (χ0v) is 50.8. The lowest BCUT2D eigenvalue weighted by molar-refractivity contribution is -0.127. The molecule has 4 heterocycles. The molecule has 0 bridgehead atoms. The maximum Gasteiger partial charge on any atom is 0.410 e. The quantitative estimate of drug-likeness (QED) is 0.132. The van der Waals surface area contributed by atoms with Gasteiger partial charge in [0.2, 0.25) is 11.1 Å². The van der Waals surface area contributed by atoms with Crippen molar-refractivity contribution in [1.29, 1.82) is 0 Å².